The molecule has 0 saturated heterocycles. The van der Waals surface area contributed by atoms with Gasteiger partial charge in [-0.3, -0.25) is 9.59 Å². The molecule has 142 valence electrons. The summed E-state index contributed by atoms with van der Waals surface area (Å²) in [4.78, 5) is 26.3. The molecule has 3 rings (SSSR count). The smallest absolute Gasteiger partial charge is 0.262 e. The van der Waals surface area contributed by atoms with E-state index in [4.69, 9.17) is 9.47 Å². The van der Waals surface area contributed by atoms with E-state index in [0.29, 0.717) is 18.8 Å². The molecule has 2 aromatic rings. The number of ether oxygens (including phenoxy) is 2. The number of para-hydroxylation sites is 2. The van der Waals surface area contributed by atoms with Gasteiger partial charge in [-0.1, -0.05) is 24.3 Å². The summed E-state index contributed by atoms with van der Waals surface area (Å²) >= 11 is 0. The number of carbonyl (C=O) groups excluding carboxylic acids is 2. The summed E-state index contributed by atoms with van der Waals surface area (Å²) in [5, 5.41) is 5.50. The Morgan fingerprint density at radius 1 is 1.19 bits per heavy atom. The Labute approximate surface area is 158 Å². The lowest BCUT2D eigenvalue weighted by molar-refractivity contribution is -0.127. The van der Waals surface area contributed by atoms with Crippen LogP contribution in [0.1, 0.15) is 5.56 Å². The van der Waals surface area contributed by atoms with Gasteiger partial charge in [-0.25, -0.2) is 0 Å². The Kier molecular flexibility index (Phi) is 5.80. The Balaban J connectivity index is 1.64. The van der Waals surface area contributed by atoms with Crippen LogP contribution >= 0.6 is 0 Å². The minimum Gasteiger partial charge on any atom is -0.497 e. The molecule has 0 bridgehead atoms. The van der Waals surface area contributed by atoms with Crippen molar-refractivity contribution < 1.29 is 19.1 Å². The number of amides is 2. The Morgan fingerprint density at radius 3 is 2.63 bits per heavy atom. The second-order valence-corrected chi connectivity index (χ2v) is 6.19. The van der Waals surface area contributed by atoms with Gasteiger partial charge in [0.25, 0.3) is 5.91 Å². The average Bonchev–Trinajstić information content (AvgIpc) is 2.72. The van der Waals surface area contributed by atoms with E-state index in [1.807, 2.05) is 47.4 Å². The van der Waals surface area contributed by atoms with E-state index in [1.165, 1.54) is 0 Å². The fourth-order valence-corrected chi connectivity index (χ4v) is 2.93. The molecule has 0 saturated carbocycles. The number of nitrogens with zero attached hydrogens (tertiary/aromatic N) is 1. The minimum atomic E-state index is -0.653. The molecule has 2 amide bonds. The molecule has 1 heterocycles. The van der Waals surface area contributed by atoms with Gasteiger partial charge in [-0.05, 0) is 29.8 Å². The molecule has 1 atom stereocenters. The predicted octanol–water partition coefficient (Wildman–Crippen LogP) is 1.33. The maximum atomic E-state index is 12.4. The summed E-state index contributed by atoms with van der Waals surface area (Å²) in [5.74, 6) is 1.03. The van der Waals surface area contributed by atoms with E-state index in [0.717, 1.165) is 17.0 Å². The van der Waals surface area contributed by atoms with Crippen molar-refractivity contribution in [3.63, 3.8) is 0 Å². The standard InChI is InChI=1S/C20H23N3O4/c1-21-20(25)18-12-23(16-5-3-4-6-17(16)27-18)13-19(24)22-11-14-7-9-15(26-2)10-8-14/h3-10,18H,11-13H2,1-2H3,(H,21,25)(H,22,24)/t18-/m1/s1. The lowest BCUT2D eigenvalue weighted by atomic mass is 10.1. The van der Waals surface area contributed by atoms with Crippen LogP contribution in [0.5, 0.6) is 11.5 Å². The third kappa shape index (κ3) is 4.49. The molecule has 2 N–H and O–H groups in total. The van der Waals surface area contributed by atoms with Crippen LogP contribution in [0.15, 0.2) is 48.5 Å². The van der Waals surface area contributed by atoms with Crippen LogP contribution < -0.4 is 25.0 Å². The van der Waals surface area contributed by atoms with E-state index >= 15 is 0 Å². The van der Waals surface area contributed by atoms with Crippen molar-refractivity contribution in [3.8, 4) is 11.5 Å². The highest BCUT2D eigenvalue weighted by atomic mass is 16.5. The summed E-state index contributed by atoms with van der Waals surface area (Å²) < 4.78 is 10.9. The number of nitrogens with one attached hydrogen (secondary N) is 2. The van der Waals surface area contributed by atoms with Gasteiger partial charge < -0.3 is 25.0 Å². The van der Waals surface area contributed by atoms with Gasteiger partial charge >= 0.3 is 0 Å². The first-order chi connectivity index (χ1) is 13.1. The number of methoxy groups -OCH3 is 1. The SMILES string of the molecule is CNC(=O)[C@H]1CN(CC(=O)NCc2ccc(OC)cc2)c2ccccc2O1. The van der Waals surface area contributed by atoms with Gasteiger partial charge in [-0.2, -0.15) is 0 Å². The molecular weight excluding hydrogens is 346 g/mol. The van der Waals surface area contributed by atoms with Crippen molar-refractivity contribution in [2.24, 2.45) is 0 Å². The van der Waals surface area contributed by atoms with Crippen LogP contribution in [0.25, 0.3) is 0 Å². The molecule has 0 aromatic heterocycles. The van der Waals surface area contributed by atoms with E-state index in [2.05, 4.69) is 10.6 Å². The van der Waals surface area contributed by atoms with Crippen LogP contribution in [0, 0.1) is 0 Å². The first-order valence-electron chi connectivity index (χ1n) is 8.72. The van der Waals surface area contributed by atoms with Crippen LogP contribution in [0.3, 0.4) is 0 Å². The fourth-order valence-electron chi connectivity index (χ4n) is 2.93. The van der Waals surface area contributed by atoms with Gasteiger partial charge in [0.1, 0.15) is 11.5 Å². The third-order valence-electron chi connectivity index (χ3n) is 4.38. The maximum Gasteiger partial charge on any atom is 0.262 e. The molecule has 2 aromatic carbocycles. The molecule has 27 heavy (non-hydrogen) atoms. The lowest BCUT2D eigenvalue weighted by Gasteiger charge is -2.35. The zero-order valence-electron chi connectivity index (χ0n) is 15.4. The molecule has 7 heteroatoms. The second-order valence-electron chi connectivity index (χ2n) is 6.19. The number of hydrogen-bond donors (Lipinski definition) is 2. The maximum absolute atomic E-state index is 12.4. The van der Waals surface area contributed by atoms with E-state index in [9.17, 15) is 9.59 Å². The number of likely N-dealkylation sites (N-methyl/N-ethyl adjacent to an activating group) is 1. The van der Waals surface area contributed by atoms with Crippen molar-refractivity contribution in [2.75, 3.05) is 32.1 Å². The van der Waals surface area contributed by atoms with Gasteiger partial charge in [-0.15, -0.1) is 0 Å². The molecule has 0 aliphatic carbocycles. The van der Waals surface area contributed by atoms with E-state index < -0.39 is 6.10 Å². The number of anilines is 1. The summed E-state index contributed by atoms with van der Waals surface area (Å²) in [6.45, 7) is 0.879. The number of hydrogen-bond acceptors (Lipinski definition) is 5. The second kappa shape index (κ2) is 8.44. The normalized spacial score (nSPS) is 15.3. The van der Waals surface area contributed by atoms with Crippen molar-refractivity contribution in [2.45, 2.75) is 12.6 Å². The fraction of sp³-hybridized carbons (Fsp3) is 0.300. The van der Waals surface area contributed by atoms with E-state index in [1.54, 1.807) is 20.2 Å². The van der Waals surface area contributed by atoms with Crippen LogP contribution in [0.4, 0.5) is 5.69 Å². The molecule has 1 aliphatic heterocycles. The van der Waals surface area contributed by atoms with Crippen molar-refractivity contribution in [3.05, 3.63) is 54.1 Å². The van der Waals surface area contributed by atoms with Crippen LogP contribution in [0.2, 0.25) is 0 Å². The van der Waals surface area contributed by atoms with Crippen LogP contribution in [-0.4, -0.2) is 45.2 Å². The van der Waals surface area contributed by atoms with Gasteiger partial charge in [0, 0.05) is 13.6 Å². The summed E-state index contributed by atoms with van der Waals surface area (Å²) in [7, 11) is 3.18. The highest BCUT2D eigenvalue weighted by Gasteiger charge is 2.30. The van der Waals surface area contributed by atoms with Crippen LogP contribution in [-0.2, 0) is 16.1 Å². The quantitative estimate of drug-likeness (QED) is 0.803. The van der Waals surface area contributed by atoms with E-state index in [-0.39, 0.29) is 18.4 Å². The minimum absolute atomic E-state index is 0.127. The molecule has 1 aliphatic rings. The number of fused-ring (bicyclic) bond motifs is 1. The molecule has 0 unspecified atom stereocenters. The number of carbonyl (C=O) groups is 2. The first kappa shape index (κ1) is 18.6. The molecular formula is C20H23N3O4. The Morgan fingerprint density at radius 2 is 1.93 bits per heavy atom. The highest BCUT2D eigenvalue weighted by molar-refractivity contribution is 5.86. The monoisotopic (exact) mass is 369 g/mol. The molecule has 0 spiro atoms. The molecule has 0 radical (unpaired) electrons. The Hall–Kier alpha value is -3.22. The number of benzene rings is 2. The third-order valence-corrected chi connectivity index (χ3v) is 4.38. The summed E-state index contributed by atoms with van der Waals surface area (Å²) in [6.07, 6.45) is -0.653. The van der Waals surface area contributed by atoms with Gasteiger partial charge in [0.15, 0.2) is 6.10 Å². The molecule has 7 nitrogen and oxygen atoms in total. The highest BCUT2D eigenvalue weighted by Crippen LogP contribution is 2.32. The molecule has 0 fully saturated rings. The van der Waals surface area contributed by atoms with Gasteiger partial charge in [0.2, 0.25) is 5.91 Å². The zero-order valence-corrected chi connectivity index (χ0v) is 15.4. The largest absolute Gasteiger partial charge is 0.497 e. The van der Waals surface area contributed by atoms with Crippen molar-refractivity contribution >= 4 is 17.5 Å². The summed E-state index contributed by atoms with van der Waals surface area (Å²) in [6, 6.07) is 14.9. The Bertz CT molecular complexity index is 807. The topological polar surface area (TPSA) is 79.9 Å². The lowest BCUT2D eigenvalue weighted by Crippen LogP contribution is -2.50. The average molecular weight is 369 g/mol. The zero-order chi connectivity index (χ0) is 19.2. The van der Waals surface area contributed by atoms with Gasteiger partial charge in [0.05, 0.1) is 25.9 Å². The predicted molar refractivity (Wildman–Crippen MR) is 102 cm³/mol. The van der Waals surface area contributed by atoms with Crippen molar-refractivity contribution in [1.29, 1.82) is 0 Å². The summed E-state index contributed by atoms with van der Waals surface area (Å²) in [5.41, 5.74) is 1.78. The number of rotatable bonds is 6. The first-order valence-corrected chi connectivity index (χ1v) is 8.72. The van der Waals surface area contributed by atoms with Crippen molar-refractivity contribution in [1.82, 2.24) is 10.6 Å².